The molecule has 0 amide bonds. The summed E-state index contributed by atoms with van der Waals surface area (Å²) in [5, 5.41) is 8.34. The summed E-state index contributed by atoms with van der Waals surface area (Å²) in [6, 6.07) is 5.86. The Bertz CT molecular complexity index is 849. The van der Waals surface area contributed by atoms with Crippen molar-refractivity contribution in [2.45, 2.75) is 19.4 Å². The zero-order valence-corrected chi connectivity index (χ0v) is 13.4. The molecule has 0 saturated carbocycles. The Labute approximate surface area is 139 Å². The van der Waals surface area contributed by atoms with E-state index in [0.29, 0.717) is 31.4 Å². The molecule has 0 aliphatic carbocycles. The molecule has 4 bridgehead atoms. The largest absolute Gasteiger partial charge is 0.491 e. The highest BCUT2D eigenvalue weighted by molar-refractivity contribution is 5.92. The average Bonchev–Trinajstić information content (AvgIpc) is 3.01. The van der Waals surface area contributed by atoms with Crippen molar-refractivity contribution in [3.05, 3.63) is 30.6 Å². The minimum Gasteiger partial charge on any atom is -0.491 e. The van der Waals surface area contributed by atoms with Gasteiger partial charge in [0.1, 0.15) is 23.7 Å². The van der Waals surface area contributed by atoms with E-state index < -0.39 is 0 Å². The van der Waals surface area contributed by atoms with Gasteiger partial charge in [-0.3, -0.25) is 10.1 Å². The molecular formula is C17H18N4O3. The molecule has 0 saturated heterocycles. The van der Waals surface area contributed by atoms with Crippen molar-refractivity contribution in [2.75, 3.05) is 19.8 Å². The number of nitrogens with one attached hydrogen (secondary N) is 1. The van der Waals surface area contributed by atoms with Crippen LogP contribution in [0.3, 0.4) is 0 Å². The molecule has 1 atom stereocenters. The zero-order chi connectivity index (χ0) is 16.4. The molecule has 1 aliphatic rings. The lowest BCUT2D eigenvalue weighted by Gasteiger charge is -2.14. The number of aromatic amines is 1. The molecule has 124 valence electrons. The standard InChI is InChI=1S/C17H18N4O3/c1-11-4-5-22-6-7-23-16-10-18-9-15(19-16)17-13-8-12(24-11)2-3-14(13)20-21-17/h2-3,8-11H,4-7H2,1H3,(H,20,21)/t11-/m1/s1. The maximum Gasteiger partial charge on any atom is 0.233 e. The Morgan fingerprint density at radius 2 is 2.12 bits per heavy atom. The van der Waals surface area contributed by atoms with E-state index in [1.54, 1.807) is 12.4 Å². The molecular weight excluding hydrogens is 308 g/mol. The Kier molecular flexibility index (Phi) is 4.00. The van der Waals surface area contributed by atoms with Gasteiger partial charge in [-0.15, -0.1) is 0 Å². The molecule has 7 heteroatoms. The van der Waals surface area contributed by atoms with Gasteiger partial charge >= 0.3 is 0 Å². The van der Waals surface area contributed by atoms with Gasteiger partial charge in [-0.1, -0.05) is 0 Å². The van der Waals surface area contributed by atoms with Crippen LogP contribution in [-0.4, -0.2) is 46.1 Å². The lowest BCUT2D eigenvalue weighted by Crippen LogP contribution is -2.16. The zero-order valence-electron chi connectivity index (χ0n) is 13.4. The molecule has 1 aliphatic heterocycles. The van der Waals surface area contributed by atoms with E-state index in [9.17, 15) is 0 Å². The monoisotopic (exact) mass is 326 g/mol. The smallest absolute Gasteiger partial charge is 0.233 e. The summed E-state index contributed by atoms with van der Waals surface area (Å²) < 4.78 is 17.2. The van der Waals surface area contributed by atoms with Crippen LogP contribution in [0.5, 0.6) is 11.6 Å². The number of hydrogen-bond donors (Lipinski definition) is 1. The van der Waals surface area contributed by atoms with E-state index in [1.165, 1.54) is 0 Å². The van der Waals surface area contributed by atoms with Gasteiger partial charge in [0.15, 0.2) is 0 Å². The Balaban J connectivity index is 1.79. The van der Waals surface area contributed by atoms with Crippen molar-refractivity contribution >= 4 is 10.9 Å². The van der Waals surface area contributed by atoms with Crippen molar-refractivity contribution in [1.29, 1.82) is 0 Å². The molecule has 4 rings (SSSR count). The van der Waals surface area contributed by atoms with E-state index in [-0.39, 0.29) is 6.10 Å². The fourth-order valence-corrected chi connectivity index (χ4v) is 2.64. The lowest BCUT2D eigenvalue weighted by molar-refractivity contribution is 0.0751. The summed E-state index contributed by atoms with van der Waals surface area (Å²) in [4.78, 5) is 8.69. The highest BCUT2D eigenvalue weighted by Gasteiger charge is 2.13. The summed E-state index contributed by atoms with van der Waals surface area (Å²) in [5.74, 6) is 1.26. The first kappa shape index (κ1) is 14.9. The topological polar surface area (TPSA) is 82.2 Å². The lowest BCUT2D eigenvalue weighted by atomic mass is 10.1. The van der Waals surface area contributed by atoms with Crippen LogP contribution in [0.1, 0.15) is 13.3 Å². The predicted molar refractivity (Wildman–Crippen MR) is 88.1 cm³/mol. The Hall–Kier alpha value is -2.67. The number of H-pyrrole nitrogens is 1. The average molecular weight is 326 g/mol. The summed E-state index contributed by atoms with van der Waals surface area (Å²) in [6.45, 7) is 3.58. The van der Waals surface area contributed by atoms with E-state index in [1.807, 2.05) is 25.1 Å². The summed E-state index contributed by atoms with van der Waals surface area (Å²) in [6.07, 6.45) is 4.13. The van der Waals surface area contributed by atoms with E-state index in [0.717, 1.165) is 28.8 Å². The van der Waals surface area contributed by atoms with Crippen molar-refractivity contribution in [3.63, 3.8) is 0 Å². The molecule has 3 heterocycles. The van der Waals surface area contributed by atoms with Crippen LogP contribution in [0.2, 0.25) is 0 Å². The van der Waals surface area contributed by atoms with Crippen molar-refractivity contribution in [1.82, 2.24) is 20.2 Å². The minimum atomic E-state index is 0.0599. The number of hydrogen-bond acceptors (Lipinski definition) is 6. The van der Waals surface area contributed by atoms with Crippen LogP contribution in [-0.2, 0) is 4.74 Å². The number of fused-ring (bicyclic) bond motifs is 4. The third-order valence-corrected chi connectivity index (χ3v) is 3.87. The summed E-state index contributed by atoms with van der Waals surface area (Å²) in [7, 11) is 0. The van der Waals surface area contributed by atoms with Gasteiger partial charge in [0.25, 0.3) is 0 Å². The van der Waals surface area contributed by atoms with Gasteiger partial charge in [-0.2, -0.15) is 5.10 Å². The third-order valence-electron chi connectivity index (χ3n) is 3.87. The number of nitrogens with zero attached hydrogens (tertiary/aromatic N) is 3. The highest BCUT2D eigenvalue weighted by Crippen LogP contribution is 2.29. The fraction of sp³-hybridized carbons (Fsp3) is 0.353. The maximum absolute atomic E-state index is 5.99. The Morgan fingerprint density at radius 1 is 1.17 bits per heavy atom. The predicted octanol–water partition coefficient (Wildman–Crippen LogP) is 2.59. The second-order valence-corrected chi connectivity index (χ2v) is 5.70. The minimum absolute atomic E-state index is 0.0599. The maximum atomic E-state index is 5.99. The van der Waals surface area contributed by atoms with Gasteiger partial charge in [-0.05, 0) is 25.1 Å². The van der Waals surface area contributed by atoms with E-state index in [2.05, 4.69) is 20.2 Å². The molecule has 1 N–H and O–H groups in total. The second-order valence-electron chi connectivity index (χ2n) is 5.70. The second kappa shape index (κ2) is 6.45. The molecule has 24 heavy (non-hydrogen) atoms. The van der Waals surface area contributed by atoms with Crippen LogP contribution < -0.4 is 9.47 Å². The first-order valence-electron chi connectivity index (χ1n) is 7.97. The van der Waals surface area contributed by atoms with Crippen LogP contribution in [0, 0.1) is 0 Å². The van der Waals surface area contributed by atoms with E-state index >= 15 is 0 Å². The number of rotatable bonds is 0. The molecule has 0 unspecified atom stereocenters. The van der Waals surface area contributed by atoms with Gasteiger partial charge in [0, 0.05) is 11.8 Å². The van der Waals surface area contributed by atoms with Crippen molar-refractivity contribution in [3.8, 4) is 23.0 Å². The van der Waals surface area contributed by atoms with Crippen LogP contribution >= 0.6 is 0 Å². The van der Waals surface area contributed by atoms with Crippen molar-refractivity contribution in [2.24, 2.45) is 0 Å². The molecule has 0 fully saturated rings. The molecule has 0 radical (unpaired) electrons. The summed E-state index contributed by atoms with van der Waals surface area (Å²) in [5.41, 5.74) is 2.30. The first-order chi connectivity index (χ1) is 11.8. The number of benzene rings is 1. The van der Waals surface area contributed by atoms with Crippen LogP contribution in [0.25, 0.3) is 22.3 Å². The normalized spacial score (nSPS) is 18.5. The van der Waals surface area contributed by atoms with Gasteiger partial charge < -0.3 is 14.2 Å². The molecule has 7 nitrogen and oxygen atoms in total. The SMILES string of the molecule is C[C@@H]1CCOCCOc2cncc(n2)-c2n[nH]c3ccc(cc23)O1. The van der Waals surface area contributed by atoms with Crippen LogP contribution in [0.4, 0.5) is 0 Å². The highest BCUT2D eigenvalue weighted by atomic mass is 16.5. The summed E-state index contributed by atoms with van der Waals surface area (Å²) >= 11 is 0. The molecule has 1 aromatic carbocycles. The fourth-order valence-electron chi connectivity index (χ4n) is 2.64. The number of aromatic nitrogens is 4. The van der Waals surface area contributed by atoms with Gasteiger partial charge in [0.05, 0.1) is 37.2 Å². The Morgan fingerprint density at radius 3 is 3.08 bits per heavy atom. The number of ether oxygens (including phenoxy) is 3. The van der Waals surface area contributed by atoms with Gasteiger partial charge in [-0.25, -0.2) is 4.98 Å². The van der Waals surface area contributed by atoms with Crippen LogP contribution in [0.15, 0.2) is 30.6 Å². The van der Waals surface area contributed by atoms with E-state index in [4.69, 9.17) is 14.2 Å². The molecule has 0 spiro atoms. The molecule has 3 aromatic rings. The first-order valence-corrected chi connectivity index (χ1v) is 7.97. The third kappa shape index (κ3) is 3.03. The quantitative estimate of drug-likeness (QED) is 0.684. The van der Waals surface area contributed by atoms with Gasteiger partial charge in [0.2, 0.25) is 5.88 Å². The van der Waals surface area contributed by atoms with Crippen molar-refractivity contribution < 1.29 is 14.2 Å². The molecule has 2 aromatic heterocycles.